The highest BCUT2D eigenvalue weighted by molar-refractivity contribution is 6.08. The summed E-state index contributed by atoms with van der Waals surface area (Å²) in [5, 5.41) is 23.8. The standard InChI is InChI=1S/C15H13NO5/c1-20-15(19)10-6-9(11(17)7-12(10)18)14-8-4-2-3-5-13(8)21-16-14/h2-8,13,17-18H,1H3. The fourth-order valence-corrected chi connectivity index (χ4v) is 2.40. The van der Waals surface area contributed by atoms with Gasteiger partial charge in [-0.25, -0.2) is 4.79 Å². The normalized spacial score (nSPS) is 22.4. The van der Waals surface area contributed by atoms with Crippen LogP contribution in [0.5, 0.6) is 11.5 Å². The van der Waals surface area contributed by atoms with Gasteiger partial charge in [-0.1, -0.05) is 23.4 Å². The van der Waals surface area contributed by atoms with Crippen LogP contribution in [0, 0.1) is 5.92 Å². The highest BCUT2D eigenvalue weighted by Gasteiger charge is 2.34. The SMILES string of the molecule is COC(=O)c1cc(C2=NOC3C=CC=CC23)c(O)cc1O. The summed E-state index contributed by atoms with van der Waals surface area (Å²) in [7, 11) is 1.22. The monoisotopic (exact) mass is 287 g/mol. The van der Waals surface area contributed by atoms with Crippen molar-refractivity contribution in [3.63, 3.8) is 0 Å². The third-order valence-electron chi connectivity index (χ3n) is 3.47. The summed E-state index contributed by atoms with van der Waals surface area (Å²) in [6, 6.07) is 2.45. The molecule has 2 N–H and O–H groups in total. The molecule has 0 radical (unpaired) electrons. The zero-order chi connectivity index (χ0) is 15.0. The minimum atomic E-state index is -0.691. The number of methoxy groups -OCH3 is 1. The number of allylic oxidation sites excluding steroid dienone is 2. The molecule has 2 atom stereocenters. The number of esters is 1. The molecule has 6 nitrogen and oxygen atoms in total. The summed E-state index contributed by atoms with van der Waals surface area (Å²) >= 11 is 0. The molecule has 0 amide bonds. The summed E-state index contributed by atoms with van der Waals surface area (Å²) < 4.78 is 4.60. The zero-order valence-electron chi connectivity index (χ0n) is 11.2. The van der Waals surface area contributed by atoms with E-state index < -0.39 is 5.97 Å². The van der Waals surface area contributed by atoms with Crippen LogP contribution in [0.15, 0.2) is 41.6 Å². The first-order chi connectivity index (χ1) is 10.1. The predicted octanol–water partition coefficient (Wildman–Crippen LogP) is 1.73. The van der Waals surface area contributed by atoms with Gasteiger partial charge in [0.1, 0.15) is 22.8 Å². The molecular formula is C15H13NO5. The number of aromatic hydroxyl groups is 2. The van der Waals surface area contributed by atoms with Gasteiger partial charge in [0.15, 0.2) is 6.10 Å². The number of phenols is 2. The Kier molecular flexibility index (Phi) is 3.13. The molecule has 0 bridgehead atoms. The van der Waals surface area contributed by atoms with E-state index in [4.69, 9.17) is 4.84 Å². The molecule has 2 aliphatic rings. The van der Waals surface area contributed by atoms with Crippen LogP contribution in [0.1, 0.15) is 15.9 Å². The Morgan fingerprint density at radius 2 is 2.00 bits per heavy atom. The largest absolute Gasteiger partial charge is 0.507 e. The average Bonchev–Trinajstić information content (AvgIpc) is 2.90. The molecule has 108 valence electrons. The maximum Gasteiger partial charge on any atom is 0.341 e. The Morgan fingerprint density at radius 1 is 1.24 bits per heavy atom. The van der Waals surface area contributed by atoms with E-state index in [9.17, 15) is 15.0 Å². The van der Waals surface area contributed by atoms with Gasteiger partial charge in [-0.05, 0) is 12.1 Å². The lowest BCUT2D eigenvalue weighted by atomic mass is 9.88. The van der Waals surface area contributed by atoms with Crippen molar-refractivity contribution in [2.45, 2.75) is 6.10 Å². The quantitative estimate of drug-likeness (QED) is 0.809. The van der Waals surface area contributed by atoms with Crippen LogP contribution >= 0.6 is 0 Å². The van der Waals surface area contributed by atoms with Crippen LogP contribution in [0.4, 0.5) is 0 Å². The van der Waals surface area contributed by atoms with E-state index in [1.165, 1.54) is 13.2 Å². The number of oxime groups is 1. The molecule has 1 aromatic rings. The molecule has 0 spiro atoms. The van der Waals surface area contributed by atoms with Gasteiger partial charge >= 0.3 is 5.97 Å². The van der Waals surface area contributed by atoms with E-state index in [-0.39, 0.29) is 29.1 Å². The van der Waals surface area contributed by atoms with Crippen molar-refractivity contribution in [2.24, 2.45) is 11.1 Å². The molecule has 3 rings (SSSR count). The van der Waals surface area contributed by atoms with Gasteiger partial charge in [0.05, 0.1) is 13.0 Å². The van der Waals surface area contributed by atoms with Crippen molar-refractivity contribution in [3.8, 4) is 11.5 Å². The summed E-state index contributed by atoms with van der Waals surface area (Å²) in [5.74, 6) is -1.36. The van der Waals surface area contributed by atoms with E-state index in [1.807, 2.05) is 24.3 Å². The number of nitrogens with zero attached hydrogens (tertiary/aromatic N) is 1. The summed E-state index contributed by atoms with van der Waals surface area (Å²) in [5.41, 5.74) is 0.802. The molecule has 1 aromatic carbocycles. The molecule has 0 aromatic heterocycles. The van der Waals surface area contributed by atoms with Gasteiger partial charge in [-0.3, -0.25) is 0 Å². The molecule has 21 heavy (non-hydrogen) atoms. The lowest BCUT2D eigenvalue weighted by molar-refractivity contribution is 0.0597. The van der Waals surface area contributed by atoms with Gasteiger partial charge in [-0.15, -0.1) is 0 Å². The van der Waals surface area contributed by atoms with Crippen molar-refractivity contribution in [1.82, 2.24) is 0 Å². The van der Waals surface area contributed by atoms with Crippen molar-refractivity contribution >= 4 is 11.7 Å². The minimum absolute atomic E-state index is 0.0354. The van der Waals surface area contributed by atoms with Crippen LogP contribution in [-0.4, -0.2) is 35.1 Å². The minimum Gasteiger partial charge on any atom is -0.507 e. The van der Waals surface area contributed by atoms with Crippen LogP contribution in [0.25, 0.3) is 0 Å². The second-order valence-electron chi connectivity index (χ2n) is 4.72. The van der Waals surface area contributed by atoms with Gasteiger partial charge in [0.2, 0.25) is 0 Å². The van der Waals surface area contributed by atoms with Gasteiger partial charge < -0.3 is 19.8 Å². The van der Waals surface area contributed by atoms with Gasteiger partial charge in [0.25, 0.3) is 0 Å². The first kappa shape index (κ1) is 13.2. The van der Waals surface area contributed by atoms with E-state index in [2.05, 4.69) is 9.89 Å². The fourth-order valence-electron chi connectivity index (χ4n) is 2.40. The first-order valence-corrected chi connectivity index (χ1v) is 6.35. The van der Waals surface area contributed by atoms with E-state index in [0.29, 0.717) is 11.3 Å². The zero-order valence-corrected chi connectivity index (χ0v) is 11.2. The second-order valence-corrected chi connectivity index (χ2v) is 4.72. The number of hydrogen-bond donors (Lipinski definition) is 2. The number of fused-ring (bicyclic) bond motifs is 1. The van der Waals surface area contributed by atoms with Gasteiger partial charge in [0, 0.05) is 11.6 Å². The van der Waals surface area contributed by atoms with Crippen LogP contribution < -0.4 is 0 Å². The fraction of sp³-hybridized carbons (Fsp3) is 0.200. The summed E-state index contributed by atoms with van der Waals surface area (Å²) in [4.78, 5) is 16.9. The molecule has 2 unspecified atom stereocenters. The topological polar surface area (TPSA) is 88.4 Å². The van der Waals surface area contributed by atoms with E-state index in [1.54, 1.807) is 0 Å². The van der Waals surface area contributed by atoms with Crippen LogP contribution in [-0.2, 0) is 9.57 Å². The third kappa shape index (κ3) is 2.14. The molecule has 1 aliphatic heterocycles. The average molecular weight is 287 g/mol. The van der Waals surface area contributed by atoms with Crippen molar-refractivity contribution in [3.05, 3.63) is 47.6 Å². The number of rotatable bonds is 2. The lowest BCUT2D eigenvalue weighted by Crippen LogP contribution is -2.22. The highest BCUT2D eigenvalue weighted by atomic mass is 16.6. The number of carbonyl (C=O) groups is 1. The third-order valence-corrected chi connectivity index (χ3v) is 3.47. The number of phenolic OH excluding ortho intramolecular Hbond substituents is 2. The van der Waals surface area contributed by atoms with Crippen molar-refractivity contribution in [1.29, 1.82) is 0 Å². The van der Waals surface area contributed by atoms with Crippen molar-refractivity contribution < 1.29 is 24.6 Å². The lowest BCUT2D eigenvalue weighted by Gasteiger charge is -2.15. The Labute approximate surface area is 120 Å². The smallest absolute Gasteiger partial charge is 0.341 e. The Balaban J connectivity index is 2.05. The Morgan fingerprint density at radius 3 is 2.76 bits per heavy atom. The maximum absolute atomic E-state index is 11.6. The molecular weight excluding hydrogens is 274 g/mol. The Hall–Kier alpha value is -2.76. The Bertz CT molecular complexity index is 690. The molecule has 0 fully saturated rings. The number of carbonyl (C=O) groups excluding carboxylic acids is 1. The van der Waals surface area contributed by atoms with E-state index >= 15 is 0 Å². The molecule has 6 heteroatoms. The van der Waals surface area contributed by atoms with Crippen LogP contribution in [0.2, 0.25) is 0 Å². The molecule has 0 saturated heterocycles. The second kappa shape index (κ2) is 4.97. The number of hydrogen-bond acceptors (Lipinski definition) is 6. The summed E-state index contributed by atoms with van der Waals surface area (Å²) in [6.07, 6.45) is 7.26. The van der Waals surface area contributed by atoms with Crippen LogP contribution in [0.3, 0.4) is 0 Å². The predicted molar refractivity (Wildman–Crippen MR) is 74.3 cm³/mol. The first-order valence-electron chi connectivity index (χ1n) is 6.35. The van der Waals surface area contributed by atoms with Crippen molar-refractivity contribution in [2.75, 3.05) is 7.11 Å². The number of benzene rings is 1. The summed E-state index contributed by atoms with van der Waals surface area (Å²) in [6.45, 7) is 0. The molecule has 0 saturated carbocycles. The van der Waals surface area contributed by atoms with E-state index in [0.717, 1.165) is 6.07 Å². The highest BCUT2D eigenvalue weighted by Crippen LogP contribution is 2.34. The molecule has 1 aliphatic carbocycles. The van der Waals surface area contributed by atoms with Gasteiger partial charge in [-0.2, -0.15) is 0 Å². The number of ether oxygens (including phenoxy) is 1. The maximum atomic E-state index is 11.6. The molecule has 1 heterocycles.